The molecule has 0 saturated carbocycles. The molecule has 1 aromatic heterocycles. The summed E-state index contributed by atoms with van der Waals surface area (Å²) in [5.41, 5.74) is 2.04. The second kappa shape index (κ2) is 5.98. The maximum absolute atomic E-state index is 5.36. The van der Waals surface area contributed by atoms with E-state index in [1.165, 1.54) is 0 Å². The monoisotopic (exact) mass is 306 g/mol. The SMILES string of the molecule is CNC(c1ccc(Br)cc1)c1ncccc1OC. The van der Waals surface area contributed by atoms with Crippen molar-refractivity contribution in [1.29, 1.82) is 0 Å². The van der Waals surface area contributed by atoms with Crippen LogP contribution in [0.25, 0.3) is 0 Å². The molecule has 0 fully saturated rings. The fourth-order valence-electron chi connectivity index (χ4n) is 1.91. The molecule has 1 heterocycles. The first-order chi connectivity index (χ1) is 8.76. The number of nitrogens with one attached hydrogen (secondary N) is 1. The number of methoxy groups -OCH3 is 1. The van der Waals surface area contributed by atoms with Gasteiger partial charge in [0, 0.05) is 10.7 Å². The molecule has 0 bridgehead atoms. The minimum absolute atomic E-state index is 0.0225. The highest BCUT2D eigenvalue weighted by molar-refractivity contribution is 9.10. The quantitative estimate of drug-likeness (QED) is 0.942. The topological polar surface area (TPSA) is 34.2 Å². The van der Waals surface area contributed by atoms with E-state index in [2.05, 4.69) is 38.4 Å². The second-order valence-corrected chi connectivity index (χ2v) is 4.78. The smallest absolute Gasteiger partial charge is 0.142 e. The summed E-state index contributed by atoms with van der Waals surface area (Å²) < 4.78 is 6.43. The lowest BCUT2D eigenvalue weighted by Crippen LogP contribution is -2.19. The number of hydrogen-bond acceptors (Lipinski definition) is 3. The van der Waals surface area contributed by atoms with Crippen molar-refractivity contribution in [2.45, 2.75) is 6.04 Å². The van der Waals surface area contributed by atoms with Crippen molar-refractivity contribution in [2.24, 2.45) is 0 Å². The Hall–Kier alpha value is -1.39. The van der Waals surface area contributed by atoms with Gasteiger partial charge in [0.25, 0.3) is 0 Å². The van der Waals surface area contributed by atoms with Gasteiger partial charge in [-0.25, -0.2) is 0 Å². The molecule has 0 aliphatic rings. The fraction of sp³-hybridized carbons (Fsp3) is 0.214. The highest BCUT2D eigenvalue weighted by Gasteiger charge is 2.17. The molecule has 0 amide bonds. The highest BCUT2D eigenvalue weighted by atomic mass is 79.9. The Morgan fingerprint density at radius 2 is 1.94 bits per heavy atom. The van der Waals surface area contributed by atoms with Gasteiger partial charge in [-0.3, -0.25) is 4.98 Å². The minimum Gasteiger partial charge on any atom is -0.495 e. The largest absolute Gasteiger partial charge is 0.495 e. The van der Waals surface area contributed by atoms with E-state index in [-0.39, 0.29) is 6.04 Å². The molecule has 0 spiro atoms. The molecule has 18 heavy (non-hydrogen) atoms. The van der Waals surface area contributed by atoms with Crippen LogP contribution in [0.1, 0.15) is 17.3 Å². The van der Waals surface area contributed by atoms with Gasteiger partial charge < -0.3 is 10.1 Å². The van der Waals surface area contributed by atoms with Crippen LogP contribution in [0.5, 0.6) is 5.75 Å². The molecule has 1 unspecified atom stereocenters. The Bertz CT molecular complexity index is 513. The van der Waals surface area contributed by atoms with Crippen molar-refractivity contribution >= 4 is 15.9 Å². The van der Waals surface area contributed by atoms with Crippen LogP contribution in [0, 0.1) is 0 Å². The van der Waals surface area contributed by atoms with E-state index in [9.17, 15) is 0 Å². The molecule has 2 rings (SSSR count). The number of hydrogen-bond donors (Lipinski definition) is 1. The number of nitrogens with zero attached hydrogens (tertiary/aromatic N) is 1. The summed E-state index contributed by atoms with van der Waals surface area (Å²) in [6, 6.07) is 12.0. The molecule has 1 aromatic carbocycles. The van der Waals surface area contributed by atoms with E-state index in [0.717, 1.165) is 21.5 Å². The molecule has 0 aliphatic heterocycles. The van der Waals surface area contributed by atoms with Gasteiger partial charge >= 0.3 is 0 Å². The Balaban J connectivity index is 2.41. The number of halogens is 1. The summed E-state index contributed by atoms with van der Waals surface area (Å²) in [4.78, 5) is 4.42. The first kappa shape index (κ1) is 13.1. The van der Waals surface area contributed by atoms with Crippen LogP contribution in [0.2, 0.25) is 0 Å². The zero-order valence-electron chi connectivity index (χ0n) is 10.4. The van der Waals surface area contributed by atoms with Crippen molar-refractivity contribution in [3.63, 3.8) is 0 Å². The summed E-state index contributed by atoms with van der Waals surface area (Å²) in [7, 11) is 3.58. The van der Waals surface area contributed by atoms with Crippen molar-refractivity contribution in [3.8, 4) is 5.75 Å². The Kier molecular flexibility index (Phi) is 4.33. The maximum atomic E-state index is 5.36. The lowest BCUT2D eigenvalue weighted by molar-refractivity contribution is 0.401. The number of benzene rings is 1. The van der Waals surface area contributed by atoms with E-state index in [1.54, 1.807) is 13.3 Å². The minimum atomic E-state index is 0.0225. The molecule has 1 N–H and O–H groups in total. The third-order valence-corrected chi connectivity index (χ3v) is 3.31. The molecule has 94 valence electrons. The number of rotatable bonds is 4. The van der Waals surface area contributed by atoms with E-state index < -0.39 is 0 Å². The van der Waals surface area contributed by atoms with Crippen LogP contribution in [0.15, 0.2) is 47.1 Å². The third-order valence-electron chi connectivity index (χ3n) is 2.79. The van der Waals surface area contributed by atoms with Crippen LogP contribution < -0.4 is 10.1 Å². The predicted molar refractivity (Wildman–Crippen MR) is 75.8 cm³/mol. The third kappa shape index (κ3) is 2.71. The molecule has 1 atom stereocenters. The van der Waals surface area contributed by atoms with Gasteiger partial charge in [-0.1, -0.05) is 28.1 Å². The molecule has 0 saturated heterocycles. The summed E-state index contributed by atoms with van der Waals surface area (Å²) >= 11 is 3.44. The van der Waals surface area contributed by atoms with Gasteiger partial charge in [-0.05, 0) is 36.9 Å². The lowest BCUT2D eigenvalue weighted by atomic mass is 10.0. The highest BCUT2D eigenvalue weighted by Crippen LogP contribution is 2.28. The molecular formula is C14H15BrN2O. The summed E-state index contributed by atoms with van der Waals surface area (Å²) in [5, 5.41) is 3.27. The van der Waals surface area contributed by atoms with E-state index >= 15 is 0 Å². The molecule has 4 heteroatoms. The molecule has 2 aromatic rings. The number of aromatic nitrogens is 1. The van der Waals surface area contributed by atoms with Crippen LogP contribution >= 0.6 is 15.9 Å². The van der Waals surface area contributed by atoms with Crippen LogP contribution in [-0.4, -0.2) is 19.1 Å². The molecule has 3 nitrogen and oxygen atoms in total. The van der Waals surface area contributed by atoms with Crippen molar-refractivity contribution in [1.82, 2.24) is 10.3 Å². The van der Waals surface area contributed by atoms with E-state index in [4.69, 9.17) is 4.74 Å². The van der Waals surface area contributed by atoms with Crippen molar-refractivity contribution in [3.05, 3.63) is 58.3 Å². The number of ether oxygens (including phenoxy) is 1. The van der Waals surface area contributed by atoms with Crippen LogP contribution in [0.4, 0.5) is 0 Å². The Morgan fingerprint density at radius 1 is 1.22 bits per heavy atom. The predicted octanol–water partition coefficient (Wildman–Crippen LogP) is 3.16. The van der Waals surface area contributed by atoms with Gasteiger partial charge in [-0.15, -0.1) is 0 Å². The van der Waals surface area contributed by atoms with Crippen molar-refractivity contribution in [2.75, 3.05) is 14.2 Å². The van der Waals surface area contributed by atoms with Gasteiger partial charge in [0.2, 0.25) is 0 Å². The Labute approximate surface area is 115 Å². The second-order valence-electron chi connectivity index (χ2n) is 3.86. The fourth-order valence-corrected chi connectivity index (χ4v) is 2.17. The van der Waals surface area contributed by atoms with Crippen LogP contribution in [0.3, 0.4) is 0 Å². The molecule has 0 aliphatic carbocycles. The molecule has 0 radical (unpaired) electrons. The van der Waals surface area contributed by atoms with Gasteiger partial charge in [0.15, 0.2) is 0 Å². The van der Waals surface area contributed by atoms with Crippen molar-refractivity contribution < 1.29 is 4.74 Å². The normalized spacial score (nSPS) is 12.2. The summed E-state index contributed by atoms with van der Waals surface area (Å²) in [6.07, 6.45) is 1.78. The van der Waals surface area contributed by atoms with Gasteiger partial charge in [0.05, 0.1) is 13.2 Å². The summed E-state index contributed by atoms with van der Waals surface area (Å²) in [6.45, 7) is 0. The number of pyridine rings is 1. The molecular weight excluding hydrogens is 292 g/mol. The zero-order valence-corrected chi connectivity index (χ0v) is 11.9. The average molecular weight is 307 g/mol. The average Bonchev–Trinajstić information content (AvgIpc) is 2.42. The standard InChI is InChI=1S/C14H15BrN2O/c1-16-13(10-5-7-11(15)8-6-10)14-12(18-2)4-3-9-17-14/h3-9,13,16H,1-2H3. The lowest BCUT2D eigenvalue weighted by Gasteiger charge is -2.18. The summed E-state index contributed by atoms with van der Waals surface area (Å²) in [5.74, 6) is 0.791. The van der Waals surface area contributed by atoms with Gasteiger partial charge in [0.1, 0.15) is 11.4 Å². The van der Waals surface area contributed by atoms with E-state index in [1.807, 2.05) is 31.3 Å². The zero-order chi connectivity index (χ0) is 13.0. The first-order valence-corrected chi connectivity index (χ1v) is 6.47. The Morgan fingerprint density at radius 3 is 2.56 bits per heavy atom. The first-order valence-electron chi connectivity index (χ1n) is 5.68. The van der Waals surface area contributed by atoms with E-state index in [0.29, 0.717) is 0 Å². The van der Waals surface area contributed by atoms with Gasteiger partial charge in [-0.2, -0.15) is 0 Å². The maximum Gasteiger partial charge on any atom is 0.142 e. The van der Waals surface area contributed by atoms with Crippen LogP contribution in [-0.2, 0) is 0 Å².